The van der Waals surface area contributed by atoms with E-state index in [9.17, 15) is 4.79 Å². The van der Waals surface area contributed by atoms with E-state index in [4.69, 9.17) is 25.5 Å². The van der Waals surface area contributed by atoms with E-state index in [1.165, 1.54) is 0 Å². The van der Waals surface area contributed by atoms with Gasteiger partial charge >= 0.3 is 0 Å². The van der Waals surface area contributed by atoms with Crippen molar-refractivity contribution in [2.24, 2.45) is 5.92 Å². The van der Waals surface area contributed by atoms with E-state index in [2.05, 4.69) is 39.3 Å². The lowest BCUT2D eigenvalue weighted by Gasteiger charge is -2.33. The molecule has 0 fully saturated rings. The molecule has 3 aromatic heterocycles. The Kier molecular flexibility index (Phi) is 6.80. The summed E-state index contributed by atoms with van der Waals surface area (Å²) in [6.45, 7) is 5.60. The van der Waals surface area contributed by atoms with Crippen LogP contribution in [0.5, 0.6) is 11.5 Å². The van der Waals surface area contributed by atoms with Crippen LogP contribution in [0.4, 0.5) is 0 Å². The van der Waals surface area contributed by atoms with Crippen molar-refractivity contribution in [2.75, 3.05) is 6.79 Å². The SMILES string of the molecule is CC(C)[C@H](c1nnnn1Cc1ccco1)N(Cc1ccccc1Cl)Cc1cc2cc3c(cc2[nH]c1=O)OCO3. The molecule has 0 unspecified atom stereocenters. The van der Waals surface area contributed by atoms with Crippen LogP contribution in [0.2, 0.25) is 5.02 Å². The second-order valence-electron chi connectivity index (χ2n) is 9.88. The lowest BCUT2D eigenvalue weighted by atomic mass is 9.99. The Morgan fingerprint density at radius 2 is 1.85 bits per heavy atom. The van der Waals surface area contributed by atoms with Crippen molar-refractivity contribution < 1.29 is 13.9 Å². The molecule has 10 nitrogen and oxygen atoms in total. The molecule has 0 spiro atoms. The number of ether oxygens (including phenoxy) is 2. The highest BCUT2D eigenvalue weighted by atomic mass is 35.5. The zero-order chi connectivity index (χ0) is 26.9. The van der Waals surface area contributed by atoms with Crippen LogP contribution in [-0.2, 0) is 19.6 Å². The molecule has 2 aromatic carbocycles. The Hall–Kier alpha value is -4.15. The summed E-state index contributed by atoms with van der Waals surface area (Å²) in [5.74, 6) is 2.80. The smallest absolute Gasteiger partial charge is 0.252 e. The largest absolute Gasteiger partial charge is 0.467 e. The van der Waals surface area contributed by atoms with E-state index >= 15 is 0 Å². The molecule has 0 aliphatic carbocycles. The van der Waals surface area contributed by atoms with Gasteiger partial charge in [0.2, 0.25) is 6.79 Å². The molecule has 4 heterocycles. The maximum Gasteiger partial charge on any atom is 0.252 e. The molecule has 0 saturated carbocycles. The summed E-state index contributed by atoms with van der Waals surface area (Å²) < 4.78 is 18.3. The molecule has 0 amide bonds. The second kappa shape index (κ2) is 10.5. The Labute approximate surface area is 229 Å². The monoisotopic (exact) mass is 546 g/mol. The third-order valence-corrected chi connectivity index (χ3v) is 7.22. The number of aromatic nitrogens is 5. The van der Waals surface area contributed by atoms with Gasteiger partial charge in [-0.05, 0) is 52.2 Å². The van der Waals surface area contributed by atoms with Gasteiger partial charge in [-0.15, -0.1) is 5.10 Å². The molecule has 1 atom stereocenters. The van der Waals surface area contributed by atoms with E-state index < -0.39 is 0 Å². The van der Waals surface area contributed by atoms with Crippen LogP contribution in [0.1, 0.15) is 42.6 Å². The van der Waals surface area contributed by atoms with Crippen molar-refractivity contribution in [1.29, 1.82) is 0 Å². The maximum atomic E-state index is 13.3. The lowest BCUT2D eigenvalue weighted by Crippen LogP contribution is -2.35. The van der Waals surface area contributed by atoms with Crippen LogP contribution in [0.25, 0.3) is 10.9 Å². The molecule has 1 N–H and O–H groups in total. The van der Waals surface area contributed by atoms with Crippen molar-refractivity contribution >= 4 is 22.5 Å². The highest BCUT2D eigenvalue weighted by molar-refractivity contribution is 6.31. The fourth-order valence-electron chi connectivity index (χ4n) is 5.04. The van der Waals surface area contributed by atoms with Crippen molar-refractivity contribution in [2.45, 2.75) is 39.5 Å². The molecule has 200 valence electrons. The summed E-state index contributed by atoms with van der Waals surface area (Å²) in [6.07, 6.45) is 1.63. The average Bonchev–Trinajstić information content (AvgIpc) is 3.68. The van der Waals surface area contributed by atoms with Gasteiger partial charge in [0.1, 0.15) is 12.3 Å². The number of nitrogens with zero attached hydrogens (tertiary/aromatic N) is 5. The number of nitrogens with one attached hydrogen (secondary N) is 1. The zero-order valence-electron chi connectivity index (χ0n) is 21.5. The molecule has 1 aliphatic rings. The van der Waals surface area contributed by atoms with E-state index in [1.54, 1.807) is 17.0 Å². The van der Waals surface area contributed by atoms with Gasteiger partial charge in [0.15, 0.2) is 17.3 Å². The number of tetrazole rings is 1. The first-order valence-corrected chi connectivity index (χ1v) is 13.1. The summed E-state index contributed by atoms with van der Waals surface area (Å²) in [6, 6.07) is 16.8. The van der Waals surface area contributed by atoms with Crippen LogP contribution in [0.3, 0.4) is 0 Å². The number of hydrogen-bond acceptors (Lipinski definition) is 8. The molecule has 5 aromatic rings. The van der Waals surface area contributed by atoms with Crippen LogP contribution in [0, 0.1) is 5.92 Å². The normalized spacial score (nSPS) is 13.6. The molecule has 0 bridgehead atoms. The highest BCUT2D eigenvalue weighted by Gasteiger charge is 2.31. The molecule has 11 heteroatoms. The third kappa shape index (κ3) is 5.13. The summed E-state index contributed by atoms with van der Waals surface area (Å²) >= 11 is 6.59. The minimum atomic E-state index is -0.238. The minimum Gasteiger partial charge on any atom is -0.467 e. The Balaban J connectivity index is 1.41. The first kappa shape index (κ1) is 25.1. The quantitative estimate of drug-likeness (QED) is 0.277. The third-order valence-electron chi connectivity index (χ3n) is 6.85. The van der Waals surface area contributed by atoms with Crippen molar-refractivity contribution in [3.63, 3.8) is 0 Å². The molecule has 0 saturated heterocycles. The Morgan fingerprint density at radius 3 is 2.62 bits per heavy atom. The summed E-state index contributed by atoms with van der Waals surface area (Å²) in [7, 11) is 0. The van der Waals surface area contributed by atoms with Crippen LogP contribution in [-0.4, -0.2) is 36.9 Å². The van der Waals surface area contributed by atoms with Crippen LogP contribution >= 0.6 is 11.6 Å². The molecule has 6 rings (SSSR count). The first-order valence-electron chi connectivity index (χ1n) is 12.7. The average molecular weight is 547 g/mol. The number of benzene rings is 2. The van der Waals surface area contributed by atoms with E-state index in [-0.39, 0.29) is 24.3 Å². The first-order chi connectivity index (χ1) is 19.0. The lowest BCUT2D eigenvalue weighted by molar-refractivity contribution is 0.126. The molecular weight excluding hydrogens is 520 g/mol. The highest BCUT2D eigenvalue weighted by Crippen LogP contribution is 2.36. The van der Waals surface area contributed by atoms with E-state index in [1.807, 2.05) is 48.5 Å². The van der Waals surface area contributed by atoms with Gasteiger partial charge in [-0.25, -0.2) is 4.68 Å². The predicted molar refractivity (Wildman–Crippen MR) is 145 cm³/mol. The number of rotatable bonds is 9. The fraction of sp³-hybridized carbons (Fsp3) is 0.286. The number of halogens is 1. The molecule has 39 heavy (non-hydrogen) atoms. The standard InChI is InChI=1S/C28H27ClN6O4/c1-17(2)26(27-31-32-33-35(27)15-21-7-5-9-37-21)34(13-18-6-3-4-8-22(18)29)14-20-10-19-11-24-25(39-16-38-24)12-23(19)30-28(20)36/h3-12,17,26H,13-16H2,1-2H3,(H,30,36)/t26-/m1/s1. The summed E-state index contributed by atoms with van der Waals surface area (Å²) in [5.41, 5.74) is 2.05. The number of fused-ring (bicyclic) bond motifs is 2. The summed E-state index contributed by atoms with van der Waals surface area (Å²) in [5, 5.41) is 14.2. The van der Waals surface area contributed by atoms with Gasteiger partial charge in [-0.3, -0.25) is 9.69 Å². The van der Waals surface area contributed by atoms with Gasteiger partial charge in [-0.1, -0.05) is 43.6 Å². The Bertz CT molecular complexity index is 1660. The number of hydrogen-bond donors (Lipinski definition) is 1. The van der Waals surface area contributed by atoms with Gasteiger partial charge in [0, 0.05) is 35.1 Å². The van der Waals surface area contributed by atoms with Crippen LogP contribution in [0.15, 0.2) is 70.1 Å². The van der Waals surface area contributed by atoms with Gasteiger partial charge < -0.3 is 18.9 Å². The van der Waals surface area contributed by atoms with Crippen molar-refractivity contribution in [3.05, 3.63) is 98.9 Å². The van der Waals surface area contributed by atoms with E-state index in [0.29, 0.717) is 53.1 Å². The maximum absolute atomic E-state index is 13.3. The number of H-pyrrole nitrogens is 1. The number of furan rings is 1. The van der Waals surface area contributed by atoms with Gasteiger partial charge in [-0.2, -0.15) is 0 Å². The van der Waals surface area contributed by atoms with Crippen molar-refractivity contribution in [3.8, 4) is 11.5 Å². The molecular formula is C28H27ClN6O4. The topological polar surface area (TPSA) is 111 Å². The molecule has 0 radical (unpaired) electrons. The second-order valence-corrected chi connectivity index (χ2v) is 10.3. The van der Waals surface area contributed by atoms with Crippen molar-refractivity contribution in [1.82, 2.24) is 30.1 Å². The van der Waals surface area contributed by atoms with E-state index in [0.717, 1.165) is 16.7 Å². The molecule has 1 aliphatic heterocycles. The number of aromatic amines is 1. The predicted octanol–water partition coefficient (Wildman–Crippen LogP) is 4.94. The Morgan fingerprint density at radius 1 is 1.05 bits per heavy atom. The number of pyridine rings is 1. The minimum absolute atomic E-state index is 0.0993. The summed E-state index contributed by atoms with van der Waals surface area (Å²) in [4.78, 5) is 18.5. The zero-order valence-corrected chi connectivity index (χ0v) is 22.3. The van der Waals surface area contributed by atoms with Crippen LogP contribution < -0.4 is 15.0 Å². The van der Waals surface area contributed by atoms with Gasteiger partial charge in [0.25, 0.3) is 5.56 Å². The van der Waals surface area contributed by atoms with Gasteiger partial charge in [0.05, 0.1) is 17.8 Å². The fourth-order valence-corrected chi connectivity index (χ4v) is 5.24.